The first-order valence-corrected chi connectivity index (χ1v) is 9.58. The van der Waals surface area contributed by atoms with Crippen LogP contribution in [-0.4, -0.2) is 50.3 Å². The third-order valence-electron chi connectivity index (χ3n) is 4.74. The summed E-state index contributed by atoms with van der Waals surface area (Å²) in [6.45, 7) is 6.06. The van der Waals surface area contributed by atoms with Gasteiger partial charge < -0.3 is 14.9 Å². The average Bonchev–Trinajstić information content (AvgIpc) is 3.41. The lowest BCUT2D eigenvalue weighted by molar-refractivity contribution is -0.192. The van der Waals surface area contributed by atoms with Crippen LogP contribution >= 0.6 is 0 Å². The molecular weight excluding hydrogens is 422 g/mol. The number of rotatable bonds is 4. The van der Waals surface area contributed by atoms with Crippen molar-refractivity contribution in [3.63, 3.8) is 0 Å². The second-order valence-electron chi connectivity index (χ2n) is 7.44. The Kier molecular flexibility index (Phi) is 6.58. The van der Waals surface area contributed by atoms with Gasteiger partial charge in [0.25, 0.3) is 5.95 Å². The van der Waals surface area contributed by atoms with E-state index in [1.807, 2.05) is 19.9 Å². The van der Waals surface area contributed by atoms with Gasteiger partial charge in [0.05, 0.1) is 5.69 Å². The van der Waals surface area contributed by atoms with Crippen molar-refractivity contribution in [1.82, 2.24) is 25.2 Å². The van der Waals surface area contributed by atoms with Crippen LogP contribution in [0.25, 0.3) is 16.9 Å². The number of alkyl halides is 3. The number of carboxylic acids is 1. The zero-order chi connectivity index (χ0) is 22.8. The van der Waals surface area contributed by atoms with E-state index in [0.29, 0.717) is 17.3 Å². The minimum absolute atomic E-state index is 0.173. The van der Waals surface area contributed by atoms with Crippen LogP contribution in [0.5, 0.6) is 0 Å². The van der Waals surface area contributed by atoms with Gasteiger partial charge in [-0.25, -0.2) is 9.18 Å². The standard InChI is InChI=1S/C17H20FN5O.C2HF3O2/c1-10(2)15-12-4-3-5-13(18)16(12)23(21-15)17-20-14(24-22-17)8-11-6-7-19-9-11;3-2(4,5)1(6)7/h3-5,10-11,19H,6-9H2,1-2H3;(H,6,7)/t11-;/m1./s1. The molecule has 0 spiro atoms. The first kappa shape index (κ1) is 22.7. The Hall–Kier alpha value is -3.02. The third kappa shape index (κ3) is 5.19. The van der Waals surface area contributed by atoms with Gasteiger partial charge in [0.15, 0.2) is 0 Å². The molecule has 2 aromatic heterocycles. The topological polar surface area (TPSA) is 106 Å². The highest BCUT2D eigenvalue weighted by Gasteiger charge is 2.38. The summed E-state index contributed by atoms with van der Waals surface area (Å²) in [6.07, 6.45) is -3.24. The monoisotopic (exact) mass is 443 g/mol. The van der Waals surface area contributed by atoms with Gasteiger partial charge >= 0.3 is 12.1 Å². The lowest BCUT2D eigenvalue weighted by Crippen LogP contribution is -2.21. The van der Waals surface area contributed by atoms with E-state index in [9.17, 15) is 17.6 Å². The molecule has 3 aromatic rings. The molecule has 1 fully saturated rings. The van der Waals surface area contributed by atoms with Crippen molar-refractivity contribution in [2.45, 2.75) is 38.8 Å². The second kappa shape index (κ2) is 9.00. The van der Waals surface area contributed by atoms with E-state index in [4.69, 9.17) is 14.4 Å². The lowest BCUT2D eigenvalue weighted by atomic mass is 10.1. The summed E-state index contributed by atoms with van der Waals surface area (Å²) < 4.78 is 52.9. The van der Waals surface area contributed by atoms with E-state index >= 15 is 0 Å². The van der Waals surface area contributed by atoms with E-state index in [-0.39, 0.29) is 17.7 Å². The smallest absolute Gasteiger partial charge is 0.475 e. The summed E-state index contributed by atoms with van der Waals surface area (Å²) in [5, 5.41) is 19.8. The SMILES string of the molecule is CC(C)c1nn(-c2noc(C[C@H]3CCNC3)n2)c2c(F)cccc12.O=C(O)C(F)(F)F. The number of aromatic nitrogens is 4. The summed E-state index contributed by atoms with van der Waals surface area (Å²) >= 11 is 0. The van der Waals surface area contributed by atoms with Crippen LogP contribution in [0.3, 0.4) is 0 Å². The van der Waals surface area contributed by atoms with Crippen molar-refractivity contribution in [3.8, 4) is 5.95 Å². The highest BCUT2D eigenvalue weighted by atomic mass is 19.4. The van der Waals surface area contributed by atoms with Crippen molar-refractivity contribution in [2.75, 3.05) is 13.1 Å². The summed E-state index contributed by atoms with van der Waals surface area (Å²) in [5.74, 6) is -1.55. The van der Waals surface area contributed by atoms with E-state index in [1.165, 1.54) is 10.7 Å². The van der Waals surface area contributed by atoms with Crippen LogP contribution in [-0.2, 0) is 11.2 Å². The quantitative estimate of drug-likeness (QED) is 0.595. The molecule has 0 radical (unpaired) electrons. The number of nitrogens with zero attached hydrogens (tertiary/aromatic N) is 4. The first-order chi connectivity index (χ1) is 14.6. The maximum absolute atomic E-state index is 14.4. The van der Waals surface area contributed by atoms with Gasteiger partial charge in [0, 0.05) is 11.8 Å². The summed E-state index contributed by atoms with van der Waals surface area (Å²) in [6, 6.07) is 5.00. The van der Waals surface area contributed by atoms with Crippen molar-refractivity contribution in [1.29, 1.82) is 0 Å². The Bertz CT molecular complexity index is 1050. The molecule has 8 nitrogen and oxygen atoms in total. The third-order valence-corrected chi connectivity index (χ3v) is 4.74. The largest absolute Gasteiger partial charge is 0.490 e. The van der Waals surface area contributed by atoms with Gasteiger partial charge in [-0.15, -0.1) is 0 Å². The number of fused-ring (bicyclic) bond motifs is 1. The van der Waals surface area contributed by atoms with Crippen LogP contribution in [0.4, 0.5) is 17.6 Å². The van der Waals surface area contributed by atoms with E-state index in [1.54, 1.807) is 6.07 Å². The van der Waals surface area contributed by atoms with Crippen molar-refractivity contribution in [2.24, 2.45) is 5.92 Å². The van der Waals surface area contributed by atoms with Crippen LogP contribution in [0, 0.1) is 11.7 Å². The van der Waals surface area contributed by atoms with Gasteiger partial charge in [0.1, 0.15) is 11.3 Å². The fourth-order valence-electron chi connectivity index (χ4n) is 3.27. The average molecular weight is 443 g/mol. The highest BCUT2D eigenvalue weighted by molar-refractivity contribution is 5.84. The molecule has 3 heterocycles. The summed E-state index contributed by atoms with van der Waals surface area (Å²) in [7, 11) is 0. The van der Waals surface area contributed by atoms with Crippen molar-refractivity contribution < 1.29 is 32.0 Å². The number of hydrogen-bond donors (Lipinski definition) is 2. The Balaban J connectivity index is 0.000000339. The number of aliphatic carboxylic acids is 1. The number of nitrogens with one attached hydrogen (secondary N) is 1. The molecule has 1 aromatic carbocycles. The van der Waals surface area contributed by atoms with Gasteiger partial charge in [-0.1, -0.05) is 26.0 Å². The molecule has 0 unspecified atom stereocenters. The van der Waals surface area contributed by atoms with E-state index in [2.05, 4.69) is 20.6 Å². The molecule has 31 heavy (non-hydrogen) atoms. The van der Waals surface area contributed by atoms with Gasteiger partial charge in [-0.05, 0) is 42.6 Å². The van der Waals surface area contributed by atoms with E-state index < -0.39 is 12.1 Å². The minimum atomic E-state index is -5.08. The van der Waals surface area contributed by atoms with E-state index in [0.717, 1.165) is 37.0 Å². The molecule has 0 amide bonds. The Labute approximate surface area is 174 Å². The number of benzene rings is 1. The zero-order valence-electron chi connectivity index (χ0n) is 16.8. The van der Waals surface area contributed by atoms with Crippen molar-refractivity contribution in [3.05, 3.63) is 35.6 Å². The Morgan fingerprint density at radius 2 is 2.10 bits per heavy atom. The van der Waals surface area contributed by atoms with Crippen LogP contribution in [0.1, 0.15) is 37.8 Å². The maximum Gasteiger partial charge on any atom is 0.490 e. The fourth-order valence-corrected chi connectivity index (χ4v) is 3.27. The number of para-hydroxylation sites is 1. The highest BCUT2D eigenvalue weighted by Crippen LogP contribution is 2.28. The molecule has 1 saturated heterocycles. The minimum Gasteiger partial charge on any atom is -0.475 e. The van der Waals surface area contributed by atoms with Gasteiger partial charge in [-0.2, -0.15) is 27.9 Å². The molecule has 0 aliphatic carbocycles. The predicted octanol–water partition coefficient (Wildman–Crippen LogP) is 3.46. The molecule has 0 bridgehead atoms. The zero-order valence-corrected chi connectivity index (χ0v) is 16.8. The summed E-state index contributed by atoms with van der Waals surface area (Å²) in [4.78, 5) is 13.3. The van der Waals surface area contributed by atoms with Crippen LogP contribution in [0.2, 0.25) is 0 Å². The molecule has 1 atom stereocenters. The molecule has 1 aliphatic heterocycles. The second-order valence-corrected chi connectivity index (χ2v) is 7.44. The molecule has 2 N–H and O–H groups in total. The van der Waals surface area contributed by atoms with Crippen LogP contribution < -0.4 is 5.32 Å². The number of halogens is 4. The normalized spacial score (nSPS) is 16.5. The number of carbonyl (C=O) groups is 1. The number of hydrogen-bond acceptors (Lipinski definition) is 6. The maximum atomic E-state index is 14.4. The first-order valence-electron chi connectivity index (χ1n) is 9.58. The van der Waals surface area contributed by atoms with Crippen LogP contribution in [0.15, 0.2) is 22.7 Å². The summed E-state index contributed by atoms with van der Waals surface area (Å²) in [5.41, 5.74) is 1.23. The fraction of sp³-hybridized carbons (Fsp3) is 0.474. The molecule has 4 rings (SSSR count). The lowest BCUT2D eigenvalue weighted by Gasteiger charge is -2.01. The molecule has 1 aliphatic rings. The molecule has 168 valence electrons. The molecule has 12 heteroatoms. The number of carboxylic acid groups (broad SMARTS) is 1. The Morgan fingerprint density at radius 1 is 1.39 bits per heavy atom. The predicted molar refractivity (Wildman–Crippen MR) is 101 cm³/mol. The van der Waals surface area contributed by atoms with Gasteiger partial charge in [-0.3, -0.25) is 0 Å². The van der Waals surface area contributed by atoms with Gasteiger partial charge in [0.2, 0.25) is 5.89 Å². The molecular formula is C19H21F4N5O3. The van der Waals surface area contributed by atoms with Crippen molar-refractivity contribution >= 4 is 16.9 Å². The Morgan fingerprint density at radius 3 is 2.68 bits per heavy atom. The molecule has 0 saturated carbocycles.